The van der Waals surface area contributed by atoms with Gasteiger partial charge >= 0.3 is 6.01 Å². The zero-order chi connectivity index (χ0) is 28.6. The molecule has 0 amide bonds. The van der Waals surface area contributed by atoms with Crippen molar-refractivity contribution in [3.8, 4) is 17.1 Å². The van der Waals surface area contributed by atoms with Gasteiger partial charge in [0.15, 0.2) is 10.9 Å². The third-order valence-electron chi connectivity index (χ3n) is 7.16. The molecule has 2 aliphatic rings. The molecule has 2 aromatic carbocycles. The van der Waals surface area contributed by atoms with Crippen molar-refractivity contribution in [2.45, 2.75) is 12.3 Å². The monoisotopic (exact) mass is 607 g/mol. The van der Waals surface area contributed by atoms with Gasteiger partial charge in [0.25, 0.3) is 5.92 Å². The van der Waals surface area contributed by atoms with E-state index < -0.39 is 24.8 Å². The van der Waals surface area contributed by atoms with E-state index in [9.17, 15) is 8.78 Å². The summed E-state index contributed by atoms with van der Waals surface area (Å²) in [5.74, 6) is -3.59. The van der Waals surface area contributed by atoms with Crippen LogP contribution in [0.1, 0.15) is 6.42 Å². The fraction of sp³-hybridized carbons (Fsp3) is 0.444. The van der Waals surface area contributed by atoms with Crippen molar-refractivity contribution in [3.05, 3.63) is 35.1 Å². The van der Waals surface area contributed by atoms with Crippen LogP contribution in [0, 0.1) is 5.82 Å². The van der Waals surface area contributed by atoms with E-state index in [4.69, 9.17) is 26.8 Å². The number of aromatic nitrogens is 3. The number of benzene rings is 2. The standard InChI is InChI=1S/C27H29ClF3N7O2S/c28-18-13-17-23(21(29)20(18)16-3-1-4-19-22(16)34-25(32)41-19)35-26(40-10-2-6-37-8-11-39-12-9-37)36-24(17)38-7-5-33-14-27(30,31)15-38/h1,3-4,13,33H,2,5-12,14-15H2,(H2,32,34). The summed E-state index contributed by atoms with van der Waals surface area (Å²) >= 11 is 7.98. The van der Waals surface area contributed by atoms with Crippen LogP contribution < -0.4 is 20.7 Å². The van der Waals surface area contributed by atoms with Gasteiger partial charge < -0.3 is 25.4 Å². The second kappa shape index (κ2) is 11.7. The Morgan fingerprint density at radius 3 is 2.80 bits per heavy atom. The number of hydrogen-bond acceptors (Lipinski definition) is 10. The second-order valence-corrected chi connectivity index (χ2v) is 11.6. The minimum absolute atomic E-state index is 0.0710. The summed E-state index contributed by atoms with van der Waals surface area (Å²) in [6, 6.07) is 6.77. The van der Waals surface area contributed by atoms with Gasteiger partial charge in [0, 0.05) is 49.2 Å². The number of morpholine rings is 1. The lowest BCUT2D eigenvalue weighted by molar-refractivity contribution is 0.0156. The zero-order valence-corrected chi connectivity index (χ0v) is 23.7. The average Bonchev–Trinajstić information content (AvgIpc) is 3.24. The molecule has 41 heavy (non-hydrogen) atoms. The second-order valence-electron chi connectivity index (χ2n) is 10.1. The van der Waals surface area contributed by atoms with Crippen LogP contribution in [0.25, 0.3) is 32.2 Å². The predicted molar refractivity (Wildman–Crippen MR) is 155 cm³/mol. The molecular weight excluding hydrogens is 579 g/mol. The Morgan fingerprint density at radius 2 is 1.98 bits per heavy atom. The molecule has 6 rings (SSSR count). The third kappa shape index (κ3) is 6.00. The summed E-state index contributed by atoms with van der Waals surface area (Å²) < 4.78 is 57.7. The van der Waals surface area contributed by atoms with Gasteiger partial charge in [0.05, 0.1) is 48.1 Å². The minimum atomic E-state index is -3.02. The Hall–Kier alpha value is -2.97. The maximum atomic E-state index is 16.5. The lowest BCUT2D eigenvalue weighted by Gasteiger charge is -2.27. The summed E-state index contributed by atoms with van der Waals surface area (Å²) in [5.41, 5.74) is 6.93. The molecule has 2 saturated heterocycles. The number of nitrogens with two attached hydrogens (primary N) is 1. The van der Waals surface area contributed by atoms with Gasteiger partial charge in [-0.2, -0.15) is 9.97 Å². The van der Waals surface area contributed by atoms with Crippen molar-refractivity contribution in [2.75, 3.05) is 76.3 Å². The SMILES string of the molecule is Nc1nc2c(-c3c(Cl)cc4c(N5CCNCC(F)(F)C5)nc(OCCCN5CCOCC5)nc4c3F)cccc2s1. The van der Waals surface area contributed by atoms with E-state index in [2.05, 4.69) is 25.2 Å². The Morgan fingerprint density at radius 1 is 1.15 bits per heavy atom. The number of thiazole rings is 1. The molecule has 4 heterocycles. The number of ether oxygens (including phenoxy) is 2. The highest BCUT2D eigenvalue weighted by molar-refractivity contribution is 7.22. The van der Waals surface area contributed by atoms with E-state index in [0.29, 0.717) is 42.4 Å². The van der Waals surface area contributed by atoms with E-state index >= 15 is 4.39 Å². The number of para-hydroxylation sites is 1. The average molecular weight is 608 g/mol. The molecule has 3 N–H and O–H groups in total. The zero-order valence-electron chi connectivity index (χ0n) is 22.1. The number of hydrogen-bond donors (Lipinski definition) is 2. The first-order valence-corrected chi connectivity index (χ1v) is 14.6. The summed E-state index contributed by atoms with van der Waals surface area (Å²) in [6.07, 6.45) is 0.685. The molecule has 2 aromatic heterocycles. The van der Waals surface area contributed by atoms with Crippen molar-refractivity contribution < 1.29 is 22.6 Å². The molecule has 2 fully saturated rings. The van der Waals surface area contributed by atoms with Crippen LogP contribution in [-0.4, -0.2) is 91.4 Å². The lowest BCUT2D eigenvalue weighted by atomic mass is 10.0. The van der Waals surface area contributed by atoms with Gasteiger partial charge in [-0.15, -0.1) is 0 Å². The van der Waals surface area contributed by atoms with Crippen LogP contribution in [0.3, 0.4) is 0 Å². The quantitative estimate of drug-likeness (QED) is 0.296. The van der Waals surface area contributed by atoms with Gasteiger partial charge in [-0.1, -0.05) is 35.1 Å². The number of fused-ring (bicyclic) bond motifs is 2. The number of alkyl halides is 2. The molecule has 4 aromatic rings. The third-order valence-corrected chi connectivity index (χ3v) is 8.31. The molecule has 2 aliphatic heterocycles. The maximum Gasteiger partial charge on any atom is 0.319 e. The van der Waals surface area contributed by atoms with Crippen molar-refractivity contribution in [2.24, 2.45) is 0 Å². The molecule has 0 saturated carbocycles. The maximum absolute atomic E-state index is 16.5. The predicted octanol–water partition coefficient (Wildman–Crippen LogP) is 4.43. The number of nitrogen functional groups attached to an aromatic ring is 1. The molecular formula is C27H29ClF3N7O2S. The molecule has 0 unspecified atom stereocenters. The Bertz CT molecular complexity index is 1570. The number of anilines is 2. The van der Waals surface area contributed by atoms with Crippen molar-refractivity contribution in [1.29, 1.82) is 0 Å². The van der Waals surface area contributed by atoms with Crippen LogP contribution >= 0.6 is 22.9 Å². The fourth-order valence-electron chi connectivity index (χ4n) is 5.24. The lowest BCUT2D eigenvalue weighted by Crippen LogP contribution is -2.39. The summed E-state index contributed by atoms with van der Waals surface area (Å²) in [5, 5.41) is 3.40. The molecule has 0 aliphatic carbocycles. The molecule has 0 atom stereocenters. The smallest absolute Gasteiger partial charge is 0.319 e. The first-order valence-electron chi connectivity index (χ1n) is 13.4. The van der Waals surface area contributed by atoms with Gasteiger partial charge in [0.2, 0.25) is 0 Å². The van der Waals surface area contributed by atoms with Gasteiger partial charge in [-0.25, -0.2) is 18.2 Å². The largest absolute Gasteiger partial charge is 0.463 e. The van der Waals surface area contributed by atoms with E-state index in [-0.39, 0.29) is 46.5 Å². The Balaban J connectivity index is 1.41. The van der Waals surface area contributed by atoms with Crippen molar-refractivity contribution in [1.82, 2.24) is 25.2 Å². The van der Waals surface area contributed by atoms with Crippen LogP contribution in [0.15, 0.2) is 24.3 Å². The van der Waals surface area contributed by atoms with E-state index in [1.165, 1.54) is 22.3 Å². The molecule has 9 nitrogen and oxygen atoms in total. The Kier molecular flexibility index (Phi) is 8.05. The van der Waals surface area contributed by atoms with E-state index in [1.807, 2.05) is 6.07 Å². The fourth-order valence-corrected chi connectivity index (χ4v) is 6.29. The van der Waals surface area contributed by atoms with Crippen LogP contribution in [-0.2, 0) is 4.74 Å². The Labute approximate surface area is 243 Å². The summed E-state index contributed by atoms with van der Waals surface area (Å²) in [7, 11) is 0. The number of nitrogens with zero attached hydrogens (tertiary/aromatic N) is 5. The van der Waals surface area contributed by atoms with Gasteiger partial charge in [-0.05, 0) is 18.6 Å². The van der Waals surface area contributed by atoms with Gasteiger partial charge in [0.1, 0.15) is 11.3 Å². The topological polar surface area (TPSA) is 102 Å². The number of halogens is 4. The first-order chi connectivity index (χ1) is 19.8. The highest BCUT2D eigenvalue weighted by Gasteiger charge is 2.35. The van der Waals surface area contributed by atoms with E-state index in [0.717, 1.165) is 24.3 Å². The van der Waals surface area contributed by atoms with Crippen LogP contribution in [0.4, 0.5) is 24.1 Å². The minimum Gasteiger partial charge on any atom is -0.463 e. The van der Waals surface area contributed by atoms with Crippen molar-refractivity contribution in [3.63, 3.8) is 0 Å². The summed E-state index contributed by atoms with van der Waals surface area (Å²) in [6.45, 7) is 3.63. The molecule has 0 bridgehead atoms. The molecule has 0 spiro atoms. The van der Waals surface area contributed by atoms with Crippen LogP contribution in [0.2, 0.25) is 5.02 Å². The normalized spacial score (nSPS) is 18.2. The molecule has 0 radical (unpaired) electrons. The highest BCUT2D eigenvalue weighted by atomic mass is 35.5. The van der Waals surface area contributed by atoms with Crippen LogP contribution in [0.5, 0.6) is 6.01 Å². The molecule has 218 valence electrons. The highest BCUT2D eigenvalue weighted by Crippen LogP contribution is 2.42. The van der Waals surface area contributed by atoms with E-state index in [1.54, 1.807) is 12.1 Å². The summed E-state index contributed by atoms with van der Waals surface area (Å²) in [4.78, 5) is 17.0. The first kappa shape index (κ1) is 28.2. The van der Waals surface area contributed by atoms with Gasteiger partial charge in [-0.3, -0.25) is 4.90 Å². The molecule has 14 heteroatoms. The number of nitrogens with one attached hydrogen (secondary N) is 1. The number of rotatable bonds is 7. The van der Waals surface area contributed by atoms with Crippen molar-refractivity contribution >= 4 is 55.0 Å².